The molecule has 1 aliphatic rings. The molecule has 1 heterocycles. The van der Waals surface area contributed by atoms with Gasteiger partial charge in [0.05, 0.1) is 12.3 Å². The molecular formula is C28H34N4O2. The molecule has 0 radical (unpaired) electrons. The van der Waals surface area contributed by atoms with Crippen LogP contribution in [-0.2, 0) is 15.1 Å². The summed E-state index contributed by atoms with van der Waals surface area (Å²) < 4.78 is 12.6. The molecule has 0 amide bonds. The summed E-state index contributed by atoms with van der Waals surface area (Å²) in [5, 5.41) is 0. The van der Waals surface area contributed by atoms with Crippen LogP contribution in [0.25, 0.3) is 0 Å². The van der Waals surface area contributed by atoms with Gasteiger partial charge in [-0.15, -0.1) is 0 Å². The number of rotatable bonds is 6. The first kappa shape index (κ1) is 23.5. The zero-order valence-electron chi connectivity index (χ0n) is 21.2. The molecule has 178 valence electrons. The van der Waals surface area contributed by atoms with Crippen molar-refractivity contribution in [3.63, 3.8) is 0 Å². The maximum Gasteiger partial charge on any atom is 0.390 e. The normalized spacial score (nSPS) is 13.9. The number of anilines is 3. The molecule has 0 saturated heterocycles. The molecule has 34 heavy (non-hydrogen) atoms. The lowest BCUT2D eigenvalue weighted by molar-refractivity contribution is 0.0726. The monoisotopic (exact) mass is 458 g/mol. The van der Waals surface area contributed by atoms with Gasteiger partial charge in [-0.2, -0.15) is 4.99 Å². The van der Waals surface area contributed by atoms with E-state index in [1.807, 2.05) is 49.2 Å². The third-order valence-corrected chi connectivity index (χ3v) is 6.18. The van der Waals surface area contributed by atoms with Gasteiger partial charge in [-0.25, -0.2) is 0 Å². The summed E-state index contributed by atoms with van der Waals surface area (Å²) in [6.45, 7) is 2.41. The molecular weight excluding hydrogens is 424 g/mol. The van der Waals surface area contributed by atoms with Crippen LogP contribution in [0.3, 0.4) is 0 Å². The van der Waals surface area contributed by atoms with Gasteiger partial charge in [0, 0.05) is 76.0 Å². The largest absolute Gasteiger partial charge is 0.451 e. The number of nitrogens with zero attached hydrogens (tertiary/aromatic N) is 4. The molecule has 4 rings (SSSR count). The number of hydrogen-bond donors (Lipinski definition) is 0. The third kappa shape index (κ3) is 4.16. The highest BCUT2D eigenvalue weighted by Gasteiger charge is 2.45. The van der Waals surface area contributed by atoms with E-state index in [4.69, 9.17) is 14.5 Å². The fourth-order valence-corrected chi connectivity index (χ4v) is 4.26. The second-order valence-corrected chi connectivity index (χ2v) is 9.07. The van der Waals surface area contributed by atoms with Gasteiger partial charge in [0.1, 0.15) is 0 Å². The second kappa shape index (κ2) is 9.29. The number of fused-ring (bicyclic) bond motifs is 1. The standard InChI is InChI=1S/C28H34N4O2/c1-8-33-27-29-26-19-24(32(6)7)17-18-25(26)28(34-27,20-9-13-22(14-10-20)30(2)3)21-11-15-23(16-12-21)31(4)5/h9-19H,8H2,1-7H3. The number of hydrogen-bond acceptors (Lipinski definition) is 6. The maximum absolute atomic E-state index is 6.70. The highest BCUT2D eigenvalue weighted by molar-refractivity contribution is 5.80. The predicted molar refractivity (Wildman–Crippen MR) is 142 cm³/mol. The van der Waals surface area contributed by atoms with Crippen molar-refractivity contribution in [2.75, 3.05) is 63.6 Å². The van der Waals surface area contributed by atoms with Crippen LogP contribution >= 0.6 is 0 Å². The van der Waals surface area contributed by atoms with Crippen LogP contribution in [0.15, 0.2) is 71.7 Å². The van der Waals surface area contributed by atoms with Gasteiger partial charge in [-0.1, -0.05) is 30.3 Å². The number of ether oxygens (including phenoxy) is 2. The molecule has 3 aromatic carbocycles. The van der Waals surface area contributed by atoms with Gasteiger partial charge in [0.25, 0.3) is 0 Å². The lowest BCUT2D eigenvalue weighted by Gasteiger charge is -2.39. The average molecular weight is 459 g/mol. The molecule has 0 saturated carbocycles. The molecule has 3 aromatic rings. The SMILES string of the molecule is CCOC1=Nc2cc(N(C)C)ccc2C(c2ccc(N(C)C)cc2)(c2ccc(N(C)C)cc2)O1. The molecule has 6 heteroatoms. The van der Waals surface area contributed by atoms with E-state index in [-0.39, 0.29) is 6.08 Å². The van der Waals surface area contributed by atoms with Crippen molar-refractivity contribution in [1.29, 1.82) is 0 Å². The minimum absolute atomic E-state index is 0.277. The first-order chi connectivity index (χ1) is 16.3. The van der Waals surface area contributed by atoms with E-state index in [2.05, 4.69) is 81.4 Å². The molecule has 1 aliphatic heterocycles. The minimum atomic E-state index is -0.901. The molecule has 0 fully saturated rings. The topological polar surface area (TPSA) is 40.5 Å². The molecule has 0 aliphatic carbocycles. The van der Waals surface area contributed by atoms with Gasteiger partial charge in [-0.3, -0.25) is 0 Å². The maximum atomic E-state index is 6.70. The van der Waals surface area contributed by atoms with Crippen molar-refractivity contribution in [2.24, 2.45) is 4.99 Å². The van der Waals surface area contributed by atoms with Crippen molar-refractivity contribution in [3.8, 4) is 0 Å². The Labute approximate surface area is 203 Å². The molecule has 0 unspecified atom stereocenters. The van der Waals surface area contributed by atoms with Gasteiger partial charge in [0.15, 0.2) is 5.60 Å². The van der Waals surface area contributed by atoms with Crippen LogP contribution in [-0.4, -0.2) is 55.0 Å². The van der Waals surface area contributed by atoms with E-state index >= 15 is 0 Å². The molecule has 0 aromatic heterocycles. The molecule has 6 nitrogen and oxygen atoms in total. The average Bonchev–Trinajstić information content (AvgIpc) is 2.83. The van der Waals surface area contributed by atoms with Gasteiger partial charge in [0.2, 0.25) is 0 Å². The van der Waals surface area contributed by atoms with Crippen LogP contribution in [0.1, 0.15) is 23.6 Å². The minimum Gasteiger partial charge on any atom is -0.451 e. The zero-order valence-corrected chi connectivity index (χ0v) is 21.2. The van der Waals surface area contributed by atoms with Crippen LogP contribution < -0.4 is 14.7 Å². The molecule has 0 N–H and O–H groups in total. The third-order valence-electron chi connectivity index (χ3n) is 6.18. The van der Waals surface area contributed by atoms with Crippen LogP contribution in [0, 0.1) is 0 Å². The molecule has 0 atom stereocenters. The van der Waals surface area contributed by atoms with E-state index in [9.17, 15) is 0 Å². The van der Waals surface area contributed by atoms with E-state index < -0.39 is 5.60 Å². The Kier molecular flexibility index (Phi) is 6.42. The summed E-state index contributed by atoms with van der Waals surface area (Å²) in [7, 11) is 12.2. The summed E-state index contributed by atoms with van der Waals surface area (Å²) in [5.41, 5.74) is 6.27. The zero-order chi connectivity index (χ0) is 24.5. The van der Waals surface area contributed by atoms with Gasteiger partial charge < -0.3 is 24.2 Å². The number of aliphatic imine (C=N–C) groups is 1. The lowest BCUT2D eigenvalue weighted by atomic mass is 9.78. The predicted octanol–water partition coefficient (Wildman–Crippen LogP) is 5.23. The highest BCUT2D eigenvalue weighted by Crippen LogP contribution is 2.48. The molecule has 0 spiro atoms. The first-order valence-electron chi connectivity index (χ1n) is 11.5. The fourth-order valence-electron chi connectivity index (χ4n) is 4.26. The highest BCUT2D eigenvalue weighted by atomic mass is 16.7. The van der Waals surface area contributed by atoms with Crippen molar-refractivity contribution in [1.82, 2.24) is 0 Å². The Hall–Kier alpha value is -3.67. The van der Waals surface area contributed by atoms with Crippen molar-refractivity contribution >= 4 is 28.8 Å². The fraction of sp³-hybridized carbons (Fsp3) is 0.321. The summed E-state index contributed by atoms with van der Waals surface area (Å²) >= 11 is 0. The van der Waals surface area contributed by atoms with Crippen LogP contribution in [0.5, 0.6) is 0 Å². The second-order valence-electron chi connectivity index (χ2n) is 9.07. The van der Waals surface area contributed by atoms with E-state index in [1.165, 1.54) is 0 Å². The van der Waals surface area contributed by atoms with Crippen LogP contribution in [0.2, 0.25) is 0 Å². The smallest absolute Gasteiger partial charge is 0.390 e. The summed E-state index contributed by atoms with van der Waals surface area (Å²) in [4.78, 5) is 11.0. The first-order valence-corrected chi connectivity index (χ1v) is 11.5. The Morgan fingerprint density at radius 1 is 0.706 bits per heavy atom. The number of benzene rings is 3. The summed E-state index contributed by atoms with van der Waals surface area (Å²) in [6, 6.07) is 23.3. The Morgan fingerprint density at radius 2 is 1.18 bits per heavy atom. The van der Waals surface area contributed by atoms with E-state index in [0.29, 0.717) is 6.61 Å². The van der Waals surface area contributed by atoms with Crippen molar-refractivity contribution in [3.05, 3.63) is 83.4 Å². The van der Waals surface area contributed by atoms with Gasteiger partial charge in [-0.05, 0) is 43.3 Å². The Morgan fingerprint density at radius 3 is 1.62 bits per heavy atom. The molecule has 0 bridgehead atoms. The quantitative estimate of drug-likeness (QED) is 0.506. The summed E-state index contributed by atoms with van der Waals surface area (Å²) in [6.07, 6.45) is 0.277. The van der Waals surface area contributed by atoms with Crippen LogP contribution in [0.4, 0.5) is 22.7 Å². The van der Waals surface area contributed by atoms with Crippen molar-refractivity contribution in [2.45, 2.75) is 12.5 Å². The van der Waals surface area contributed by atoms with E-state index in [1.54, 1.807) is 0 Å². The van der Waals surface area contributed by atoms with E-state index in [0.717, 1.165) is 39.4 Å². The Bertz CT molecular complexity index is 1110. The van der Waals surface area contributed by atoms with Crippen molar-refractivity contribution < 1.29 is 9.47 Å². The lowest BCUT2D eigenvalue weighted by Crippen LogP contribution is -2.38. The van der Waals surface area contributed by atoms with Gasteiger partial charge >= 0.3 is 6.08 Å². The summed E-state index contributed by atoms with van der Waals surface area (Å²) in [5.74, 6) is 0. The Balaban J connectivity index is 1.99.